The molecule has 0 bridgehead atoms. The van der Waals surface area contributed by atoms with E-state index in [1.54, 1.807) is 21.3 Å². The Morgan fingerprint density at radius 3 is 1.79 bits per heavy atom. The van der Waals surface area contributed by atoms with Crippen molar-refractivity contribution in [3.05, 3.63) is 42.0 Å². The lowest BCUT2D eigenvalue weighted by molar-refractivity contribution is 0.381. The molecule has 2 aromatic carbocycles. The van der Waals surface area contributed by atoms with Crippen LogP contribution in [0, 0.1) is 0 Å². The van der Waals surface area contributed by atoms with Crippen LogP contribution in [-0.2, 0) is 6.54 Å². The Kier molecular flexibility index (Phi) is 6.88. The van der Waals surface area contributed by atoms with E-state index in [2.05, 4.69) is 39.2 Å². The molecule has 28 heavy (non-hydrogen) atoms. The van der Waals surface area contributed by atoms with Crippen molar-refractivity contribution >= 4 is 14.0 Å². The van der Waals surface area contributed by atoms with E-state index in [1.165, 1.54) is 0 Å². The highest BCUT2D eigenvalue weighted by Crippen LogP contribution is 2.40. The first-order valence-corrected chi connectivity index (χ1v) is 12.3. The van der Waals surface area contributed by atoms with E-state index in [0.29, 0.717) is 6.54 Å². The number of anilines is 1. The van der Waals surface area contributed by atoms with Crippen LogP contribution in [0.3, 0.4) is 0 Å². The molecule has 0 fully saturated rings. The molecule has 2 aromatic rings. The minimum Gasteiger partial charge on any atom is -0.543 e. The highest BCUT2D eigenvalue weighted by molar-refractivity contribution is 6.74. The molecule has 6 heteroatoms. The summed E-state index contributed by atoms with van der Waals surface area (Å²) in [5.41, 5.74) is 1.94. The van der Waals surface area contributed by atoms with Crippen molar-refractivity contribution in [2.75, 3.05) is 26.6 Å². The second kappa shape index (κ2) is 8.77. The molecule has 5 nitrogen and oxygen atoms in total. The quantitative estimate of drug-likeness (QED) is 0.572. The summed E-state index contributed by atoms with van der Waals surface area (Å²) in [6.07, 6.45) is 0. The summed E-state index contributed by atoms with van der Waals surface area (Å²) in [4.78, 5) is 0. The summed E-state index contributed by atoms with van der Waals surface area (Å²) in [6, 6.07) is 11.7. The van der Waals surface area contributed by atoms with E-state index in [-0.39, 0.29) is 5.04 Å². The zero-order chi connectivity index (χ0) is 20.9. The van der Waals surface area contributed by atoms with Gasteiger partial charge in [-0.25, -0.2) is 0 Å². The Hall–Kier alpha value is -2.34. The van der Waals surface area contributed by atoms with Crippen LogP contribution in [0.5, 0.6) is 23.0 Å². The maximum atomic E-state index is 6.44. The first-order chi connectivity index (χ1) is 13.1. The molecule has 154 valence electrons. The van der Waals surface area contributed by atoms with E-state index in [4.69, 9.17) is 18.6 Å². The van der Waals surface area contributed by atoms with Crippen molar-refractivity contribution < 1.29 is 18.6 Å². The predicted molar refractivity (Wildman–Crippen MR) is 118 cm³/mol. The van der Waals surface area contributed by atoms with Gasteiger partial charge in [-0.05, 0) is 42.4 Å². The van der Waals surface area contributed by atoms with Gasteiger partial charge < -0.3 is 24.0 Å². The Balaban J connectivity index is 2.26. The van der Waals surface area contributed by atoms with Gasteiger partial charge >= 0.3 is 0 Å². The monoisotopic (exact) mass is 403 g/mol. The maximum absolute atomic E-state index is 6.44. The molecule has 0 aliphatic carbocycles. The van der Waals surface area contributed by atoms with Crippen molar-refractivity contribution in [3.8, 4) is 23.0 Å². The van der Waals surface area contributed by atoms with Crippen molar-refractivity contribution in [2.45, 2.75) is 45.4 Å². The third-order valence-corrected chi connectivity index (χ3v) is 9.68. The van der Waals surface area contributed by atoms with Crippen LogP contribution in [0.1, 0.15) is 26.3 Å². The summed E-state index contributed by atoms with van der Waals surface area (Å²) >= 11 is 0. The van der Waals surface area contributed by atoms with Crippen LogP contribution in [0.25, 0.3) is 0 Å². The van der Waals surface area contributed by atoms with Crippen molar-refractivity contribution in [2.24, 2.45) is 0 Å². The maximum Gasteiger partial charge on any atom is 0.250 e. The molecule has 0 unspecified atom stereocenters. The summed E-state index contributed by atoms with van der Waals surface area (Å²) < 4.78 is 22.9. The van der Waals surface area contributed by atoms with E-state index >= 15 is 0 Å². The van der Waals surface area contributed by atoms with Crippen LogP contribution in [-0.4, -0.2) is 29.6 Å². The van der Waals surface area contributed by atoms with Gasteiger partial charge in [0, 0.05) is 24.4 Å². The standard InChI is InChI=1S/C22H33NO4Si/c1-22(2,3)28(7,8)27-18-13-20(25-5)19(21(14-18)26-6)15-23-16-9-11-17(24-4)12-10-16/h9-14,23H,15H2,1-8H3. The molecule has 0 radical (unpaired) electrons. The highest BCUT2D eigenvalue weighted by atomic mass is 28.4. The number of hydrogen-bond donors (Lipinski definition) is 1. The fourth-order valence-electron chi connectivity index (χ4n) is 2.54. The minimum atomic E-state index is -1.95. The molecule has 0 heterocycles. The number of methoxy groups -OCH3 is 3. The summed E-state index contributed by atoms with van der Waals surface area (Å²) in [7, 11) is 3.04. The van der Waals surface area contributed by atoms with E-state index in [9.17, 15) is 0 Å². The number of rotatable bonds is 8. The molecule has 0 spiro atoms. The molecule has 0 saturated carbocycles. The molecular formula is C22H33NO4Si. The van der Waals surface area contributed by atoms with Gasteiger partial charge in [0.2, 0.25) is 8.32 Å². The molecule has 2 rings (SSSR count). The van der Waals surface area contributed by atoms with Crippen molar-refractivity contribution in [1.29, 1.82) is 0 Å². The number of ether oxygens (including phenoxy) is 3. The first-order valence-electron chi connectivity index (χ1n) is 9.43. The fourth-order valence-corrected chi connectivity index (χ4v) is 3.55. The lowest BCUT2D eigenvalue weighted by Crippen LogP contribution is -2.43. The fraction of sp³-hybridized carbons (Fsp3) is 0.455. The molecule has 1 N–H and O–H groups in total. The topological polar surface area (TPSA) is 49.0 Å². The SMILES string of the molecule is COc1ccc(NCc2c(OC)cc(O[Si](C)(C)C(C)(C)C)cc2OC)cc1. The van der Waals surface area contributed by atoms with Crippen molar-refractivity contribution in [3.63, 3.8) is 0 Å². The average molecular weight is 404 g/mol. The van der Waals surface area contributed by atoms with Crippen LogP contribution in [0.15, 0.2) is 36.4 Å². The summed E-state index contributed by atoms with van der Waals surface area (Å²) in [5.74, 6) is 3.10. The minimum absolute atomic E-state index is 0.113. The summed E-state index contributed by atoms with van der Waals surface area (Å²) in [6.45, 7) is 11.7. The third-order valence-electron chi connectivity index (χ3n) is 5.32. The normalized spacial score (nSPS) is 11.7. The van der Waals surface area contributed by atoms with Crippen LogP contribution < -0.4 is 24.0 Å². The van der Waals surface area contributed by atoms with Gasteiger partial charge in [0.15, 0.2) is 0 Å². The van der Waals surface area contributed by atoms with E-state index in [1.807, 2.05) is 36.4 Å². The molecule has 0 aliphatic rings. The molecule has 0 amide bonds. The van der Waals surface area contributed by atoms with Crippen molar-refractivity contribution in [1.82, 2.24) is 0 Å². The molecule has 0 aliphatic heterocycles. The molecular weight excluding hydrogens is 370 g/mol. The summed E-state index contributed by atoms with van der Waals surface area (Å²) in [5, 5.41) is 3.52. The number of nitrogens with one attached hydrogen (secondary N) is 1. The zero-order valence-corrected chi connectivity index (χ0v) is 19.3. The van der Waals surface area contributed by atoms with Gasteiger partial charge in [0.1, 0.15) is 23.0 Å². The van der Waals surface area contributed by atoms with Gasteiger partial charge in [-0.1, -0.05) is 20.8 Å². The lowest BCUT2D eigenvalue weighted by atomic mass is 10.1. The van der Waals surface area contributed by atoms with Gasteiger partial charge in [0.05, 0.1) is 26.9 Å². The van der Waals surface area contributed by atoms with E-state index in [0.717, 1.165) is 34.2 Å². The Morgan fingerprint density at radius 1 is 0.821 bits per heavy atom. The Morgan fingerprint density at radius 2 is 1.36 bits per heavy atom. The second-order valence-electron chi connectivity index (χ2n) is 8.25. The first kappa shape index (κ1) is 22.0. The zero-order valence-electron chi connectivity index (χ0n) is 18.3. The van der Waals surface area contributed by atoms with E-state index < -0.39 is 8.32 Å². The molecule has 0 atom stereocenters. The molecule has 0 saturated heterocycles. The van der Waals surface area contributed by atoms with Gasteiger partial charge in [0.25, 0.3) is 0 Å². The van der Waals surface area contributed by atoms with Gasteiger partial charge in [-0.15, -0.1) is 0 Å². The predicted octanol–water partition coefficient (Wildman–Crippen LogP) is 5.71. The largest absolute Gasteiger partial charge is 0.543 e. The second-order valence-corrected chi connectivity index (χ2v) is 13.0. The van der Waals surface area contributed by atoms with Crippen LogP contribution in [0.4, 0.5) is 5.69 Å². The number of benzene rings is 2. The number of hydrogen-bond acceptors (Lipinski definition) is 5. The van der Waals surface area contributed by atoms with Crippen LogP contribution >= 0.6 is 0 Å². The third kappa shape index (κ3) is 5.13. The van der Waals surface area contributed by atoms with Gasteiger partial charge in [-0.3, -0.25) is 0 Å². The smallest absolute Gasteiger partial charge is 0.250 e. The molecule has 0 aromatic heterocycles. The Bertz CT molecular complexity index is 757. The van der Waals surface area contributed by atoms with Crippen LogP contribution in [0.2, 0.25) is 18.1 Å². The average Bonchev–Trinajstić information content (AvgIpc) is 2.65. The van der Waals surface area contributed by atoms with Gasteiger partial charge in [-0.2, -0.15) is 0 Å². The lowest BCUT2D eigenvalue weighted by Gasteiger charge is -2.36. The Labute approximate surface area is 170 Å². The highest BCUT2D eigenvalue weighted by Gasteiger charge is 2.39.